The number of aromatic nitrogens is 3. The molecule has 0 radical (unpaired) electrons. The van der Waals surface area contributed by atoms with Crippen molar-refractivity contribution >= 4 is 11.9 Å². The number of hydrogen-bond acceptors (Lipinski definition) is 6. The van der Waals surface area contributed by atoms with Crippen LogP contribution in [0.1, 0.15) is 35.4 Å². The van der Waals surface area contributed by atoms with Gasteiger partial charge in [0.25, 0.3) is 5.91 Å². The Morgan fingerprint density at radius 3 is 2.96 bits per heavy atom. The van der Waals surface area contributed by atoms with Crippen LogP contribution >= 0.6 is 0 Å². The number of aryl methyl sites for hydroxylation is 1. The minimum absolute atomic E-state index is 0.0147. The highest BCUT2D eigenvalue weighted by Gasteiger charge is 2.44. The predicted octanol–water partition coefficient (Wildman–Crippen LogP) is 2.06. The number of amides is 1. The molecule has 0 unspecified atom stereocenters. The van der Waals surface area contributed by atoms with Crippen molar-refractivity contribution in [3.63, 3.8) is 0 Å². The van der Waals surface area contributed by atoms with Gasteiger partial charge in [-0.3, -0.25) is 4.79 Å². The molecule has 0 bridgehead atoms. The van der Waals surface area contributed by atoms with Gasteiger partial charge in [0.1, 0.15) is 5.69 Å². The van der Waals surface area contributed by atoms with E-state index in [-0.39, 0.29) is 17.6 Å². The number of hydrogen-bond donors (Lipinski definition) is 1. The zero-order valence-electron chi connectivity index (χ0n) is 14.9. The van der Waals surface area contributed by atoms with Gasteiger partial charge in [0.15, 0.2) is 0 Å². The normalized spacial score (nSPS) is 25.4. The largest absolute Gasteiger partial charge is 0.371 e. The number of nitrogens with one attached hydrogen (secondary N) is 1. The Morgan fingerprint density at radius 1 is 1.31 bits per heavy atom. The second kappa shape index (κ2) is 6.99. The maximum Gasteiger partial charge on any atom is 0.272 e. The third-order valence-electron chi connectivity index (χ3n) is 5.04. The predicted molar refractivity (Wildman–Crippen MR) is 96.9 cm³/mol. The molecule has 4 heterocycles. The summed E-state index contributed by atoms with van der Waals surface area (Å²) in [5.74, 6) is 0.602. The maximum atomic E-state index is 12.8. The average molecular weight is 353 g/mol. The van der Waals surface area contributed by atoms with Gasteiger partial charge in [-0.05, 0) is 38.0 Å². The van der Waals surface area contributed by atoms with Gasteiger partial charge in [0.2, 0.25) is 5.95 Å². The Kier molecular flexibility index (Phi) is 4.55. The van der Waals surface area contributed by atoms with Crippen LogP contribution in [0, 0.1) is 6.92 Å². The summed E-state index contributed by atoms with van der Waals surface area (Å²) in [5, 5.41) is 3.33. The monoisotopic (exact) mass is 353 g/mol. The van der Waals surface area contributed by atoms with E-state index < -0.39 is 0 Å². The van der Waals surface area contributed by atoms with Gasteiger partial charge in [-0.2, -0.15) is 0 Å². The average Bonchev–Trinajstić information content (AvgIpc) is 3.03. The summed E-state index contributed by atoms with van der Waals surface area (Å²) in [6.45, 7) is 3.86. The van der Waals surface area contributed by atoms with Gasteiger partial charge >= 0.3 is 0 Å². The summed E-state index contributed by atoms with van der Waals surface area (Å²) >= 11 is 0. The first kappa shape index (κ1) is 16.9. The van der Waals surface area contributed by atoms with E-state index in [1.54, 1.807) is 24.5 Å². The molecule has 0 aromatic carbocycles. The number of likely N-dealkylation sites (tertiary alicyclic amines) is 1. The van der Waals surface area contributed by atoms with Crippen molar-refractivity contribution in [2.75, 3.05) is 25.0 Å². The van der Waals surface area contributed by atoms with Gasteiger partial charge in [-0.15, -0.1) is 0 Å². The standard InChI is InChI=1S/C19H23N5O2/c1-14-5-2-6-16(22-14)17(25)24-10-3-7-19(13-24)11-15(12-26-19)23-18-20-8-4-9-21-18/h2,4-6,8-9,15H,3,7,10-13H2,1H3,(H,20,21,23)/t15-,19+/m1/s1. The van der Waals surface area contributed by atoms with E-state index in [2.05, 4.69) is 20.3 Å². The highest BCUT2D eigenvalue weighted by Crippen LogP contribution is 2.35. The smallest absolute Gasteiger partial charge is 0.272 e. The molecule has 4 rings (SSSR count). The first-order valence-corrected chi connectivity index (χ1v) is 9.04. The number of anilines is 1. The molecular weight excluding hydrogens is 330 g/mol. The van der Waals surface area contributed by atoms with Crippen LogP contribution in [0.2, 0.25) is 0 Å². The molecule has 2 fully saturated rings. The number of carbonyl (C=O) groups is 1. The third kappa shape index (κ3) is 3.53. The molecule has 136 valence electrons. The molecule has 1 amide bonds. The molecule has 0 saturated carbocycles. The molecule has 2 aliphatic heterocycles. The van der Waals surface area contributed by atoms with Crippen molar-refractivity contribution in [2.24, 2.45) is 0 Å². The third-order valence-corrected chi connectivity index (χ3v) is 5.04. The van der Waals surface area contributed by atoms with E-state index in [9.17, 15) is 4.79 Å². The van der Waals surface area contributed by atoms with Crippen molar-refractivity contribution in [1.29, 1.82) is 0 Å². The van der Waals surface area contributed by atoms with Gasteiger partial charge in [-0.1, -0.05) is 6.07 Å². The Morgan fingerprint density at radius 2 is 2.15 bits per heavy atom. The van der Waals surface area contributed by atoms with Crippen molar-refractivity contribution in [2.45, 2.75) is 37.8 Å². The highest BCUT2D eigenvalue weighted by molar-refractivity contribution is 5.92. The van der Waals surface area contributed by atoms with E-state index in [0.717, 1.165) is 31.5 Å². The number of rotatable bonds is 3. The van der Waals surface area contributed by atoms with Crippen LogP contribution in [-0.2, 0) is 4.74 Å². The molecule has 2 aromatic heterocycles. The van der Waals surface area contributed by atoms with Crippen LogP contribution < -0.4 is 5.32 Å². The summed E-state index contributed by atoms with van der Waals surface area (Å²) in [6, 6.07) is 7.51. The lowest BCUT2D eigenvalue weighted by Crippen LogP contribution is -2.50. The maximum absolute atomic E-state index is 12.8. The van der Waals surface area contributed by atoms with Crippen LogP contribution in [-0.4, -0.2) is 57.1 Å². The minimum Gasteiger partial charge on any atom is -0.371 e. The SMILES string of the molecule is Cc1cccc(C(=O)N2CCC[C@]3(C[C@@H](Nc4ncccn4)CO3)C2)n1. The minimum atomic E-state index is -0.288. The summed E-state index contributed by atoms with van der Waals surface area (Å²) in [7, 11) is 0. The first-order chi connectivity index (χ1) is 12.6. The Labute approximate surface area is 152 Å². The molecule has 7 nitrogen and oxygen atoms in total. The van der Waals surface area contributed by atoms with E-state index in [1.165, 1.54) is 0 Å². The molecule has 1 N–H and O–H groups in total. The lowest BCUT2D eigenvalue weighted by Gasteiger charge is -2.39. The van der Waals surface area contributed by atoms with Crippen molar-refractivity contribution in [3.05, 3.63) is 48.0 Å². The van der Waals surface area contributed by atoms with Crippen molar-refractivity contribution in [1.82, 2.24) is 19.9 Å². The molecule has 7 heteroatoms. The molecule has 2 aliphatic rings. The molecule has 0 aliphatic carbocycles. The fraction of sp³-hybridized carbons (Fsp3) is 0.474. The molecule has 2 aromatic rings. The number of piperidine rings is 1. The second-order valence-corrected chi connectivity index (χ2v) is 7.11. The fourth-order valence-electron chi connectivity index (χ4n) is 3.87. The summed E-state index contributed by atoms with van der Waals surface area (Å²) in [5.41, 5.74) is 1.07. The summed E-state index contributed by atoms with van der Waals surface area (Å²) in [6.07, 6.45) is 6.18. The number of nitrogens with zero attached hydrogens (tertiary/aromatic N) is 4. The van der Waals surface area contributed by atoms with Crippen LogP contribution in [0.15, 0.2) is 36.7 Å². The lowest BCUT2D eigenvalue weighted by atomic mass is 9.88. The first-order valence-electron chi connectivity index (χ1n) is 9.04. The van der Waals surface area contributed by atoms with Crippen LogP contribution in [0.25, 0.3) is 0 Å². The lowest BCUT2D eigenvalue weighted by molar-refractivity contribution is -0.0448. The number of carbonyl (C=O) groups excluding carboxylic acids is 1. The molecule has 2 saturated heterocycles. The van der Waals surface area contributed by atoms with E-state index >= 15 is 0 Å². The summed E-state index contributed by atoms with van der Waals surface area (Å²) in [4.78, 5) is 27.5. The zero-order chi connectivity index (χ0) is 18.0. The van der Waals surface area contributed by atoms with Crippen molar-refractivity contribution in [3.8, 4) is 0 Å². The van der Waals surface area contributed by atoms with Crippen LogP contribution in [0.5, 0.6) is 0 Å². The van der Waals surface area contributed by atoms with Crippen LogP contribution in [0.4, 0.5) is 5.95 Å². The highest BCUT2D eigenvalue weighted by atomic mass is 16.5. The Bertz CT molecular complexity index is 785. The Hall–Kier alpha value is -2.54. The van der Waals surface area contributed by atoms with Gasteiger partial charge in [0.05, 0.1) is 24.8 Å². The zero-order valence-corrected chi connectivity index (χ0v) is 14.9. The molecular formula is C19H23N5O2. The molecule has 2 atom stereocenters. The quantitative estimate of drug-likeness (QED) is 0.910. The number of ether oxygens (including phenoxy) is 1. The van der Waals surface area contributed by atoms with E-state index in [0.29, 0.717) is 24.8 Å². The number of pyridine rings is 1. The van der Waals surface area contributed by atoms with E-state index in [1.807, 2.05) is 24.0 Å². The Balaban J connectivity index is 1.42. The van der Waals surface area contributed by atoms with Gasteiger partial charge in [0, 0.05) is 31.1 Å². The van der Waals surface area contributed by atoms with Crippen LogP contribution in [0.3, 0.4) is 0 Å². The fourth-order valence-corrected chi connectivity index (χ4v) is 3.87. The topological polar surface area (TPSA) is 80.2 Å². The molecule has 1 spiro atoms. The van der Waals surface area contributed by atoms with Gasteiger partial charge in [-0.25, -0.2) is 15.0 Å². The van der Waals surface area contributed by atoms with Gasteiger partial charge < -0.3 is 15.0 Å². The van der Waals surface area contributed by atoms with Crippen molar-refractivity contribution < 1.29 is 9.53 Å². The molecule has 26 heavy (non-hydrogen) atoms. The second-order valence-electron chi connectivity index (χ2n) is 7.11. The van der Waals surface area contributed by atoms with E-state index in [4.69, 9.17) is 4.74 Å². The summed E-state index contributed by atoms with van der Waals surface area (Å²) < 4.78 is 6.17.